The quantitative estimate of drug-likeness (QED) is 0.155. The largest absolute Gasteiger partial charge is 0.483 e. The Morgan fingerprint density at radius 3 is 1.30 bits per heavy atom. The van der Waals surface area contributed by atoms with Crippen LogP contribution in [0.1, 0.15) is 102 Å². The molecule has 0 radical (unpaired) electrons. The van der Waals surface area contributed by atoms with Gasteiger partial charge in [-0.3, -0.25) is 29.0 Å². The van der Waals surface area contributed by atoms with Crippen molar-refractivity contribution in [2.75, 3.05) is 27.2 Å². The number of carbonyl (C=O) groups excluding carboxylic acids is 6. The molecule has 2 N–H and O–H groups in total. The second-order valence-corrected chi connectivity index (χ2v) is 21.3. The van der Waals surface area contributed by atoms with Crippen molar-refractivity contribution in [1.29, 1.82) is 0 Å². The third-order valence-electron chi connectivity index (χ3n) is 18.6. The molecule has 4 aromatic carbocycles. The molecule has 2 unspecified atom stereocenters. The van der Waals surface area contributed by atoms with Crippen LogP contribution >= 0.6 is 0 Å². The number of carbonyl (C=O) groups is 6. The number of likely N-dealkylation sites (N-methyl/N-ethyl adjacent to an activating group) is 2. The maximum atomic E-state index is 13.9. The van der Waals surface area contributed by atoms with E-state index in [0.717, 1.165) is 61.0 Å². The number of rotatable bonds is 7. The molecule has 6 aliphatic heterocycles. The Hall–Kier alpha value is -6.46. The average molecular weight is 947 g/mol. The van der Waals surface area contributed by atoms with Crippen molar-refractivity contribution in [1.82, 2.24) is 19.6 Å². The lowest BCUT2D eigenvalue weighted by atomic mass is 9.51. The lowest BCUT2D eigenvalue weighted by Crippen LogP contribution is -2.68. The van der Waals surface area contributed by atoms with Crippen LogP contribution in [-0.2, 0) is 33.3 Å². The van der Waals surface area contributed by atoms with Crippen LogP contribution in [-0.4, -0.2) is 141 Å². The number of hydrogen-bond acceptors (Lipinski definition) is 14. The fourth-order valence-corrected chi connectivity index (χ4v) is 15.7. The molecule has 10 aliphatic rings. The van der Waals surface area contributed by atoms with Crippen LogP contribution in [0.5, 0.6) is 23.0 Å². The fraction of sp³-hybridized carbons (Fsp3) is 0.444. The summed E-state index contributed by atoms with van der Waals surface area (Å²) in [5, 5.41) is 22.7. The Balaban J connectivity index is 0.743. The Bertz CT molecular complexity index is 2810. The monoisotopic (exact) mass is 946 g/mol. The van der Waals surface area contributed by atoms with Gasteiger partial charge in [-0.05, 0) is 138 Å². The molecule has 4 aromatic rings. The van der Waals surface area contributed by atoms with Crippen LogP contribution in [0.3, 0.4) is 0 Å². The molecule has 4 amide bonds. The second-order valence-electron chi connectivity index (χ2n) is 21.3. The number of amides is 4. The highest BCUT2D eigenvalue weighted by atomic mass is 16.6. The zero-order chi connectivity index (χ0) is 47.9. The number of piperidine rings is 2. The molecule has 2 spiro atoms. The van der Waals surface area contributed by atoms with Gasteiger partial charge in [0.05, 0.1) is 34.3 Å². The van der Waals surface area contributed by atoms with E-state index in [-0.39, 0.29) is 59.0 Å². The summed E-state index contributed by atoms with van der Waals surface area (Å²) in [7, 11) is 4.24. The Labute approximate surface area is 402 Å². The van der Waals surface area contributed by atoms with Gasteiger partial charge in [-0.15, -0.1) is 0 Å². The van der Waals surface area contributed by atoms with Crippen LogP contribution < -0.4 is 18.9 Å². The molecule has 14 rings (SSSR count). The highest BCUT2D eigenvalue weighted by Gasteiger charge is 2.69. The fourth-order valence-electron chi connectivity index (χ4n) is 15.7. The first kappa shape index (κ1) is 42.4. The van der Waals surface area contributed by atoms with Gasteiger partial charge in [-0.25, -0.2) is 9.59 Å². The smallest absolute Gasteiger partial charge is 0.343 e. The number of imide groups is 2. The summed E-state index contributed by atoms with van der Waals surface area (Å²) in [6.45, 7) is 1.49. The van der Waals surface area contributed by atoms with Crippen molar-refractivity contribution < 1.29 is 57.9 Å². The number of hydrogen-bond donors (Lipinski definition) is 2. The van der Waals surface area contributed by atoms with Crippen molar-refractivity contribution in [3.63, 3.8) is 0 Å². The molecule has 16 nitrogen and oxygen atoms in total. The van der Waals surface area contributed by atoms with Gasteiger partial charge in [-0.1, -0.05) is 36.4 Å². The molecular weight excluding hydrogens is 897 g/mol. The standard InChI is InChI=1S/C54H50N4O12/c1-55-21-19-53-31-13-15-33(57-47(61)27-7-3-4-8-28(27)48(57)62)45(53)69-43-37(17-11-25(39(43)53)23-35(31)55)67-51(65)41(59)42(60)52(66)68-38-18-12-26-24-36-32-14-16-34(58-49(63)29-9-5-6-10-30(29)50(58)64)46-54(32,20-22-56(36)2)40(26)44(38)70-46/h3-12,17-18,31-36,41-42,45-46,59-60H,13-16,19-24H2,1-2H3/t31-,32-,33+,34+,35+,36+,41?,42?,45-,46-,53-,54-/m0/s1. The van der Waals surface area contributed by atoms with Crippen LogP contribution in [0.15, 0.2) is 72.8 Å². The van der Waals surface area contributed by atoms with E-state index < -0.39 is 59.3 Å². The lowest BCUT2D eigenvalue weighted by Gasteiger charge is -2.59. The van der Waals surface area contributed by atoms with Gasteiger partial charge < -0.3 is 39.0 Å². The van der Waals surface area contributed by atoms with Crippen LogP contribution in [0, 0.1) is 11.8 Å². The number of aliphatic hydroxyl groups excluding tert-OH is 2. The summed E-state index contributed by atoms with van der Waals surface area (Å²) in [5.41, 5.74) is 3.98. The highest BCUT2D eigenvalue weighted by molar-refractivity contribution is 6.22. The summed E-state index contributed by atoms with van der Waals surface area (Å²) < 4.78 is 25.6. The van der Waals surface area contributed by atoms with Gasteiger partial charge in [0.25, 0.3) is 23.6 Å². The molecule has 4 aliphatic carbocycles. The zero-order valence-electron chi connectivity index (χ0n) is 38.5. The number of likely N-dealkylation sites (tertiary alicyclic amines) is 2. The number of esters is 2. The first-order valence-corrected chi connectivity index (χ1v) is 24.6. The molecule has 0 aromatic heterocycles. The highest BCUT2D eigenvalue weighted by Crippen LogP contribution is 2.66. The van der Waals surface area contributed by atoms with E-state index in [4.69, 9.17) is 18.9 Å². The normalized spacial score (nSPS) is 33.4. The van der Waals surface area contributed by atoms with Gasteiger partial charge in [0, 0.05) is 34.0 Å². The van der Waals surface area contributed by atoms with Crippen LogP contribution in [0.2, 0.25) is 0 Å². The molecule has 12 atom stereocenters. The Kier molecular flexibility index (Phi) is 8.82. The maximum Gasteiger partial charge on any atom is 0.343 e. The zero-order valence-corrected chi connectivity index (χ0v) is 38.5. The summed E-state index contributed by atoms with van der Waals surface area (Å²) in [6.07, 6.45) is -0.690. The number of nitrogens with zero attached hydrogens (tertiary/aromatic N) is 4. The minimum absolute atomic E-state index is 0.0129. The van der Waals surface area contributed by atoms with Crippen LogP contribution in [0.4, 0.5) is 0 Å². The van der Waals surface area contributed by atoms with E-state index in [2.05, 4.69) is 23.9 Å². The molecule has 4 fully saturated rings. The minimum Gasteiger partial charge on any atom is -0.483 e. The summed E-state index contributed by atoms with van der Waals surface area (Å²) in [6, 6.07) is 19.7. The minimum atomic E-state index is -2.38. The Morgan fingerprint density at radius 1 is 0.557 bits per heavy atom. The molecule has 6 heterocycles. The van der Waals surface area contributed by atoms with Crippen molar-refractivity contribution in [2.24, 2.45) is 11.8 Å². The Morgan fingerprint density at radius 2 is 0.929 bits per heavy atom. The molecule has 4 bridgehead atoms. The van der Waals surface area contributed by atoms with E-state index in [0.29, 0.717) is 59.4 Å². The van der Waals surface area contributed by atoms with E-state index in [1.807, 2.05) is 12.1 Å². The molecule has 358 valence electrons. The van der Waals surface area contributed by atoms with Crippen molar-refractivity contribution in [3.8, 4) is 23.0 Å². The molecule has 70 heavy (non-hydrogen) atoms. The number of ether oxygens (including phenoxy) is 4. The molecular formula is C54H50N4O12. The second kappa shape index (κ2) is 14.6. The first-order chi connectivity index (χ1) is 33.8. The maximum absolute atomic E-state index is 13.9. The molecule has 2 saturated heterocycles. The summed E-state index contributed by atoms with van der Waals surface area (Å²) in [4.78, 5) is 91.1. The van der Waals surface area contributed by atoms with Gasteiger partial charge in [0.1, 0.15) is 12.2 Å². The average Bonchev–Trinajstić information content (AvgIpc) is 4.06. The van der Waals surface area contributed by atoms with Gasteiger partial charge in [0.2, 0.25) is 0 Å². The predicted octanol–water partition coefficient (Wildman–Crippen LogP) is 3.59. The third-order valence-corrected chi connectivity index (χ3v) is 18.6. The van der Waals surface area contributed by atoms with Crippen molar-refractivity contribution >= 4 is 35.6 Å². The molecule has 2 saturated carbocycles. The number of benzene rings is 4. The number of fused-ring (bicyclic) bond motifs is 2. The molecule has 16 heteroatoms. The predicted molar refractivity (Wildman–Crippen MR) is 245 cm³/mol. The SMILES string of the molecule is CN1CC[C@]23c4c5ccc(OC(=O)C(O)C(O)C(=O)Oc6ccc7c8c6O[C@H]6[C@H](N9C(=O)c%10ccccc%10C9=O)CC[C@H]9[C@@H](C7)N(C)CC[C@@]896)c4O[C@H]2[C@H](N2C(=O)c4ccccc4C2=O)CC[C@H]3[C@H]1C5. The van der Waals surface area contributed by atoms with Gasteiger partial charge in [-0.2, -0.15) is 0 Å². The van der Waals surface area contributed by atoms with E-state index in [9.17, 15) is 39.0 Å². The lowest BCUT2D eigenvalue weighted by molar-refractivity contribution is -0.162. The van der Waals surface area contributed by atoms with Crippen LogP contribution in [0.25, 0.3) is 0 Å². The topological polar surface area (TPSA) is 193 Å². The summed E-state index contributed by atoms with van der Waals surface area (Å²) in [5.74, 6) is -3.29. The van der Waals surface area contributed by atoms with E-state index in [1.165, 1.54) is 9.80 Å². The third kappa shape index (κ3) is 5.24. The van der Waals surface area contributed by atoms with E-state index in [1.54, 1.807) is 60.7 Å². The van der Waals surface area contributed by atoms with Gasteiger partial charge >= 0.3 is 11.9 Å². The van der Waals surface area contributed by atoms with E-state index >= 15 is 0 Å². The van der Waals surface area contributed by atoms with Crippen molar-refractivity contribution in [3.05, 3.63) is 117 Å². The number of aliphatic hydroxyl groups is 2. The first-order valence-electron chi connectivity index (χ1n) is 24.6. The van der Waals surface area contributed by atoms with Gasteiger partial charge in [0.15, 0.2) is 35.2 Å². The summed E-state index contributed by atoms with van der Waals surface area (Å²) >= 11 is 0. The van der Waals surface area contributed by atoms with Crippen molar-refractivity contribution in [2.45, 2.75) is 111 Å².